The van der Waals surface area contributed by atoms with Crippen molar-refractivity contribution in [3.63, 3.8) is 0 Å². The van der Waals surface area contributed by atoms with E-state index >= 15 is 0 Å². The lowest BCUT2D eigenvalue weighted by Gasteiger charge is -2.03. The maximum atomic E-state index is 5.26. The third kappa shape index (κ3) is 1.37. The van der Waals surface area contributed by atoms with Gasteiger partial charge in [-0.2, -0.15) is 5.10 Å². The van der Waals surface area contributed by atoms with Crippen LogP contribution in [0.4, 0.5) is 0 Å². The Kier molecular flexibility index (Phi) is 2.11. The van der Waals surface area contributed by atoms with Gasteiger partial charge in [-0.25, -0.2) is 4.98 Å². The molecular weight excluding hydrogens is 222 g/mol. The molecule has 3 aromatic rings. The highest BCUT2D eigenvalue weighted by Gasteiger charge is 2.10. The zero-order valence-electron chi connectivity index (χ0n) is 8.60. The van der Waals surface area contributed by atoms with Gasteiger partial charge in [0.25, 0.3) is 0 Å². The van der Waals surface area contributed by atoms with Crippen LogP contribution in [0.25, 0.3) is 21.5 Å². The van der Waals surface area contributed by atoms with Crippen molar-refractivity contribution in [2.24, 2.45) is 0 Å². The lowest BCUT2D eigenvalue weighted by atomic mass is 10.1. The molecule has 0 unspecified atom stereocenters. The second-order valence-electron chi connectivity index (χ2n) is 3.34. The van der Waals surface area contributed by atoms with Crippen molar-refractivity contribution < 1.29 is 4.74 Å². The molecule has 2 heterocycles. The van der Waals surface area contributed by atoms with Gasteiger partial charge in [0.2, 0.25) is 0 Å². The second kappa shape index (κ2) is 3.61. The van der Waals surface area contributed by atoms with Gasteiger partial charge < -0.3 is 4.74 Å². The molecule has 1 aromatic carbocycles. The molecule has 0 saturated heterocycles. The lowest BCUT2D eigenvalue weighted by Crippen LogP contribution is -1.85. The summed E-state index contributed by atoms with van der Waals surface area (Å²) in [5.41, 5.74) is 2.02. The molecule has 0 radical (unpaired) electrons. The largest absolute Gasteiger partial charge is 0.497 e. The summed E-state index contributed by atoms with van der Waals surface area (Å²) >= 11 is 1.61. The molecule has 1 N–H and O–H groups in total. The van der Waals surface area contributed by atoms with Crippen molar-refractivity contribution in [1.29, 1.82) is 0 Å². The summed E-state index contributed by atoms with van der Waals surface area (Å²) in [6.07, 6.45) is 3.61. The summed E-state index contributed by atoms with van der Waals surface area (Å²) in [5.74, 6) is 0.807. The predicted molar refractivity (Wildman–Crippen MR) is 63.8 cm³/mol. The number of benzene rings is 1. The van der Waals surface area contributed by atoms with Crippen LogP contribution in [-0.4, -0.2) is 22.3 Å². The Morgan fingerprint density at radius 1 is 1.38 bits per heavy atom. The standard InChI is InChI=1S/C11H9N3OS/c1-15-7-4-8(11-12-2-3-16-11)9-6-13-14-10(9)5-7/h2-6H,1H3,(H,13,14). The number of fused-ring (bicyclic) bond motifs is 1. The molecule has 0 bridgehead atoms. The highest BCUT2D eigenvalue weighted by molar-refractivity contribution is 7.13. The van der Waals surface area contributed by atoms with Gasteiger partial charge in [-0.15, -0.1) is 11.3 Å². The molecule has 80 valence electrons. The number of hydrogen-bond donors (Lipinski definition) is 1. The Bertz CT molecular complexity index is 615. The van der Waals surface area contributed by atoms with Gasteiger partial charge in [-0.1, -0.05) is 0 Å². The first-order valence-electron chi connectivity index (χ1n) is 4.79. The van der Waals surface area contributed by atoms with E-state index in [1.54, 1.807) is 24.6 Å². The predicted octanol–water partition coefficient (Wildman–Crippen LogP) is 2.70. The fourth-order valence-electron chi connectivity index (χ4n) is 1.68. The van der Waals surface area contributed by atoms with Crippen molar-refractivity contribution >= 4 is 22.2 Å². The van der Waals surface area contributed by atoms with E-state index in [4.69, 9.17) is 4.74 Å². The number of nitrogens with one attached hydrogen (secondary N) is 1. The van der Waals surface area contributed by atoms with Gasteiger partial charge in [0.15, 0.2) is 0 Å². The van der Waals surface area contributed by atoms with E-state index in [1.807, 2.05) is 23.7 Å². The van der Waals surface area contributed by atoms with E-state index in [-0.39, 0.29) is 0 Å². The van der Waals surface area contributed by atoms with Gasteiger partial charge in [0.1, 0.15) is 10.8 Å². The van der Waals surface area contributed by atoms with E-state index in [2.05, 4.69) is 15.2 Å². The van der Waals surface area contributed by atoms with Gasteiger partial charge >= 0.3 is 0 Å². The zero-order valence-corrected chi connectivity index (χ0v) is 9.41. The Morgan fingerprint density at radius 3 is 3.06 bits per heavy atom. The van der Waals surface area contributed by atoms with Crippen molar-refractivity contribution in [3.8, 4) is 16.3 Å². The number of nitrogens with zero attached hydrogens (tertiary/aromatic N) is 2. The number of aromatic nitrogens is 3. The first-order valence-corrected chi connectivity index (χ1v) is 5.67. The number of ether oxygens (including phenoxy) is 1. The van der Waals surface area contributed by atoms with Gasteiger partial charge in [0.05, 0.1) is 18.8 Å². The first kappa shape index (κ1) is 9.35. The molecule has 0 aliphatic heterocycles. The van der Waals surface area contributed by atoms with Crippen molar-refractivity contribution in [3.05, 3.63) is 29.9 Å². The highest BCUT2D eigenvalue weighted by Crippen LogP contribution is 2.32. The van der Waals surface area contributed by atoms with Crippen LogP contribution in [0.5, 0.6) is 5.75 Å². The third-order valence-corrected chi connectivity index (χ3v) is 3.24. The average molecular weight is 231 g/mol. The smallest absolute Gasteiger partial charge is 0.124 e. The van der Waals surface area contributed by atoms with E-state index < -0.39 is 0 Å². The minimum absolute atomic E-state index is 0.807. The molecule has 0 aliphatic rings. The molecular formula is C11H9N3OS. The fourth-order valence-corrected chi connectivity index (χ4v) is 2.34. The minimum Gasteiger partial charge on any atom is -0.497 e. The maximum Gasteiger partial charge on any atom is 0.124 e. The fraction of sp³-hybridized carbons (Fsp3) is 0.0909. The molecule has 0 amide bonds. The molecule has 5 heteroatoms. The molecule has 0 aliphatic carbocycles. The number of H-pyrrole nitrogens is 1. The molecule has 0 spiro atoms. The number of thiazole rings is 1. The third-order valence-electron chi connectivity index (χ3n) is 2.43. The normalized spacial score (nSPS) is 10.8. The minimum atomic E-state index is 0.807. The number of hydrogen-bond acceptors (Lipinski definition) is 4. The van der Waals surface area contributed by atoms with Crippen LogP contribution >= 0.6 is 11.3 Å². The Hall–Kier alpha value is -1.88. The van der Waals surface area contributed by atoms with Crippen LogP contribution < -0.4 is 4.74 Å². The first-order chi connectivity index (χ1) is 7.88. The summed E-state index contributed by atoms with van der Waals surface area (Å²) in [6, 6.07) is 3.91. The summed E-state index contributed by atoms with van der Waals surface area (Å²) in [5, 5.41) is 11.0. The number of methoxy groups -OCH3 is 1. The maximum absolute atomic E-state index is 5.26. The number of rotatable bonds is 2. The summed E-state index contributed by atoms with van der Waals surface area (Å²) in [6.45, 7) is 0. The molecule has 3 rings (SSSR count). The SMILES string of the molecule is COc1cc(-c2nccs2)c2cn[nH]c2c1. The van der Waals surface area contributed by atoms with E-state index in [9.17, 15) is 0 Å². The van der Waals surface area contributed by atoms with Crippen LogP contribution in [0.3, 0.4) is 0 Å². The molecule has 2 aromatic heterocycles. The highest BCUT2D eigenvalue weighted by atomic mass is 32.1. The Morgan fingerprint density at radius 2 is 2.31 bits per heavy atom. The molecule has 0 atom stereocenters. The number of aromatic amines is 1. The molecule has 0 saturated carbocycles. The average Bonchev–Trinajstić information content (AvgIpc) is 2.98. The Balaban J connectivity index is 2.33. The summed E-state index contributed by atoms with van der Waals surface area (Å²) < 4.78 is 5.26. The van der Waals surface area contributed by atoms with Crippen LogP contribution in [-0.2, 0) is 0 Å². The monoisotopic (exact) mass is 231 g/mol. The topological polar surface area (TPSA) is 50.8 Å². The van der Waals surface area contributed by atoms with E-state index in [0.29, 0.717) is 0 Å². The van der Waals surface area contributed by atoms with Crippen LogP contribution in [0.15, 0.2) is 29.9 Å². The van der Waals surface area contributed by atoms with Crippen LogP contribution in [0, 0.1) is 0 Å². The molecule has 0 fully saturated rings. The van der Waals surface area contributed by atoms with E-state index in [1.165, 1.54) is 0 Å². The zero-order chi connectivity index (χ0) is 11.0. The van der Waals surface area contributed by atoms with Gasteiger partial charge in [-0.05, 0) is 6.07 Å². The second-order valence-corrected chi connectivity index (χ2v) is 4.24. The molecule has 4 nitrogen and oxygen atoms in total. The summed E-state index contributed by atoms with van der Waals surface area (Å²) in [7, 11) is 1.66. The lowest BCUT2D eigenvalue weighted by molar-refractivity contribution is 0.415. The Labute approximate surface area is 95.9 Å². The summed E-state index contributed by atoms with van der Waals surface area (Å²) in [4.78, 5) is 4.31. The van der Waals surface area contributed by atoms with Crippen molar-refractivity contribution in [2.45, 2.75) is 0 Å². The van der Waals surface area contributed by atoms with Crippen molar-refractivity contribution in [2.75, 3.05) is 7.11 Å². The van der Waals surface area contributed by atoms with E-state index in [0.717, 1.165) is 27.2 Å². The van der Waals surface area contributed by atoms with Crippen LogP contribution in [0.2, 0.25) is 0 Å². The van der Waals surface area contributed by atoms with Gasteiger partial charge in [-0.3, -0.25) is 5.10 Å². The van der Waals surface area contributed by atoms with Gasteiger partial charge in [0, 0.05) is 28.6 Å². The van der Waals surface area contributed by atoms with Crippen molar-refractivity contribution in [1.82, 2.24) is 15.2 Å². The quantitative estimate of drug-likeness (QED) is 0.737. The van der Waals surface area contributed by atoms with Crippen LogP contribution in [0.1, 0.15) is 0 Å². The molecule has 16 heavy (non-hydrogen) atoms.